The van der Waals surface area contributed by atoms with Crippen molar-refractivity contribution in [1.29, 1.82) is 0 Å². The Hall–Kier alpha value is -2.87. The second-order valence-corrected chi connectivity index (χ2v) is 7.25. The van der Waals surface area contributed by atoms with Gasteiger partial charge in [-0.05, 0) is 42.7 Å². The van der Waals surface area contributed by atoms with E-state index in [4.69, 9.17) is 0 Å². The van der Waals surface area contributed by atoms with Crippen molar-refractivity contribution < 1.29 is 9.59 Å². The van der Waals surface area contributed by atoms with Gasteiger partial charge in [-0.3, -0.25) is 14.0 Å². The van der Waals surface area contributed by atoms with E-state index in [-0.39, 0.29) is 30.7 Å². The van der Waals surface area contributed by atoms with Crippen LogP contribution in [0.2, 0.25) is 0 Å². The first-order valence-electron chi connectivity index (χ1n) is 8.66. The fourth-order valence-electron chi connectivity index (χ4n) is 3.22. The molecular formula is C19H19N5O2S. The van der Waals surface area contributed by atoms with Crippen LogP contribution >= 0.6 is 11.8 Å². The van der Waals surface area contributed by atoms with E-state index in [0.29, 0.717) is 12.4 Å². The molecule has 1 saturated heterocycles. The molecule has 0 aliphatic carbocycles. The van der Waals surface area contributed by atoms with E-state index in [9.17, 15) is 9.59 Å². The van der Waals surface area contributed by atoms with Gasteiger partial charge in [-0.2, -0.15) is 0 Å². The first kappa shape index (κ1) is 17.5. The van der Waals surface area contributed by atoms with Crippen molar-refractivity contribution in [2.24, 2.45) is 5.92 Å². The van der Waals surface area contributed by atoms with Gasteiger partial charge in [0.05, 0.1) is 12.5 Å². The molecule has 0 spiro atoms. The third-order valence-electron chi connectivity index (χ3n) is 4.68. The van der Waals surface area contributed by atoms with Gasteiger partial charge in [-0.25, -0.2) is 0 Å². The maximum atomic E-state index is 12.5. The summed E-state index contributed by atoms with van der Waals surface area (Å²) in [6.07, 6.45) is 4.08. The van der Waals surface area contributed by atoms with E-state index >= 15 is 0 Å². The third kappa shape index (κ3) is 3.52. The smallest absolute Gasteiger partial charge is 0.227 e. The van der Waals surface area contributed by atoms with Gasteiger partial charge in [0.25, 0.3) is 0 Å². The highest BCUT2D eigenvalue weighted by Gasteiger charge is 2.35. The SMILES string of the molecule is CSc1ccc(N2CC(C(=O)NCc3nnc4ccccn34)CC2=O)cc1. The van der Waals surface area contributed by atoms with Crippen LogP contribution in [0.5, 0.6) is 0 Å². The molecule has 3 aromatic rings. The Morgan fingerprint density at radius 1 is 1.22 bits per heavy atom. The van der Waals surface area contributed by atoms with Crippen LogP contribution in [0.25, 0.3) is 5.65 Å². The van der Waals surface area contributed by atoms with Crippen molar-refractivity contribution in [3.05, 3.63) is 54.5 Å². The number of carbonyl (C=O) groups excluding carboxylic acids is 2. The molecule has 0 saturated carbocycles. The summed E-state index contributed by atoms with van der Waals surface area (Å²) in [4.78, 5) is 27.7. The molecule has 1 aromatic carbocycles. The molecule has 4 rings (SSSR count). The number of benzene rings is 1. The predicted octanol–water partition coefficient (Wildman–Crippen LogP) is 2.12. The largest absolute Gasteiger partial charge is 0.348 e. The molecule has 8 heteroatoms. The number of aromatic nitrogens is 3. The van der Waals surface area contributed by atoms with Crippen LogP contribution in [0.1, 0.15) is 12.2 Å². The van der Waals surface area contributed by atoms with Crippen molar-refractivity contribution in [3.8, 4) is 0 Å². The Kier molecular flexibility index (Phi) is 4.81. The average molecular weight is 381 g/mol. The van der Waals surface area contributed by atoms with Crippen molar-refractivity contribution in [2.45, 2.75) is 17.9 Å². The molecule has 2 aromatic heterocycles. The molecule has 27 heavy (non-hydrogen) atoms. The van der Waals surface area contributed by atoms with Crippen LogP contribution in [-0.4, -0.2) is 39.2 Å². The number of carbonyl (C=O) groups is 2. The van der Waals surface area contributed by atoms with Crippen LogP contribution in [0.3, 0.4) is 0 Å². The quantitative estimate of drug-likeness (QED) is 0.685. The minimum absolute atomic E-state index is 0.0278. The Balaban J connectivity index is 1.40. The van der Waals surface area contributed by atoms with Crippen LogP contribution in [-0.2, 0) is 16.1 Å². The summed E-state index contributed by atoms with van der Waals surface area (Å²) in [5.41, 5.74) is 1.56. The number of thioether (sulfide) groups is 1. The van der Waals surface area contributed by atoms with Crippen molar-refractivity contribution in [2.75, 3.05) is 17.7 Å². The first-order chi connectivity index (χ1) is 13.2. The summed E-state index contributed by atoms with van der Waals surface area (Å²) in [6.45, 7) is 0.668. The van der Waals surface area contributed by atoms with Crippen LogP contribution < -0.4 is 10.2 Å². The van der Waals surface area contributed by atoms with E-state index in [1.807, 2.05) is 59.3 Å². The van der Waals surface area contributed by atoms with E-state index in [1.165, 1.54) is 0 Å². The number of hydrogen-bond acceptors (Lipinski definition) is 5. The van der Waals surface area contributed by atoms with Gasteiger partial charge in [-0.1, -0.05) is 6.07 Å². The molecule has 1 unspecified atom stereocenters. The second-order valence-electron chi connectivity index (χ2n) is 6.37. The van der Waals surface area contributed by atoms with E-state index in [0.717, 1.165) is 16.2 Å². The fourth-order valence-corrected chi connectivity index (χ4v) is 3.63. The first-order valence-corrected chi connectivity index (χ1v) is 9.89. The zero-order chi connectivity index (χ0) is 18.8. The van der Waals surface area contributed by atoms with Gasteiger partial charge in [0, 0.05) is 29.7 Å². The Morgan fingerprint density at radius 2 is 2.04 bits per heavy atom. The lowest BCUT2D eigenvalue weighted by molar-refractivity contribution is -0.126. The van der Waals surface area contributed by atoms with E-state index in [1.54, 1.807) is 16.7 Å². The monoisotopic (exact) mass is 381 g/mol. The molecule has 1 fully saturated rings. The van der Waals surface area contributed by atoms with Crippen LogP contribution in [0.15, 0.2) is 53.6 Å². The lowest BCUT2D eigenvalue weighted by Gasteiger charge is -2.17. The highest BCUT2D eigenvalue weighted by atomic mass is 32.2. The molecule has 1 aliphatic heterocycles. The number of nitrogens with zero attached hydrogens (tertiary/aromatic N) is 4. The third-order valence-corrected chi connectivity index (χ3v) is 5.43. The Morgan fingerprint density at radius 3 is 2.81 bits per heavy atom. The van der Waals surface area contributed by atoms with Gasteiger partial charge in [0.15, 0.2) is 11.5 Å². The number of pyridine rings is 1. The summed E-state index contributed by atoms with van der Waals surface area (Å²) in [6, 6.07) is 13.4. The summed E-state index contributed by atoms with van der Waals surface area (Å²) >= 11 is 1.65. The van der Waals surface area contributed by atoms with Crippen molar-refractivity contribution in [1.82, 2.24) is 19.9 Å². The zero-order valence-electron chi connectivity index (χ0n) is 14.8. The van der Waals surface area contributed by atoms with Gasteiger partial charge in [0.1, 0.15) is 0 Å². The summed E-state index contributed by atoms with van der Waals surface area (Å²) in [5.74, 6) is 0.129. The van der Waals surface area contributed by atoms with Crippen molar-refractivity contribution >= 4 is 34.9 Å². The molecule has 1 aliphatic rings. The van der Waals surface area contributed by atoms with E-state index < -0.39 is 0 Å². The lowest BCUT2D eigenvalue weighted by Crippen LogP contribution is -2.33. The molecule has 2 amide bonds. The summed E-state index contributed by atoms with van der Waals surface area (Å²) in [7, 11) is 0. The summed E-state index contributed by atoms with van der Waals surface area (Å²) in [5, 5.41) is 11.1. The minimum Gasteiger partial charge on any atom is -0.348 e. The molecule has 0 radical (unpaired) electrons. The molecule has 138 valence electrons. The van der Waals surface area contributed by atoms with E-state index in [2.05, 4.69) is 15.5 Å². The molecule has 3 heterocycles. The van der Waals surface area contributed by atoms with Gasteiger partial charge in [-0.15, -0.1) is 22.0 Å². The maximum absolute atomic E-state index is 12.5. The number of nitrogens with one attached hydrogen (secondary N) is 1. The maximum Gasteiger partial charge on any atom is 0.227 e. The van der Waals surface area contributed by atoms with Crippen LogP contribution in [0, 0.1) is 5.92 Å². The topological polar surface area (TPSA) is 79.6 Å². The van der Waals surface area contributed by atoms with Gasteiger partial charge >= 0.3 is 0 Å². The Bertz CT molecular complexity index is 985. The minimum atomic E-state index is -0.364. The van der Waals surface area contributed by atoms with Gasteiger partial charge in [0.2, 0.25) is 11.8 Å². The van der Waals surface area contributed by atoms with Crippen LogP contribution in [0.4, 0.5) is 5.69 Å². The predicted molar refractivity (Wildman–Crippen MR) is 104 cm³/mol. The lowest BCUT2D eigenvalue weighted by atomic mass is 10.1. The molecular weight excluding hydrogens is 362 g/mol. The highest BCUT2D eigenvalue weighted by Crippen LogP contribution is 2.27. The molecule has 7 nitrogen and oxygen atoms in total. The molecule has 0 bridgehead atoms. The number of amides is 2. The highest BCUT2D eigenvalue weighted by molar-refractivity contribution is 7.98. The average Bonchev–Trinajstić information content (AvgIpc) is 3.30. The molecule has 1 atom stereocenters. The number of fused-ring (bicyclic) bond motifs is 1. The standard InChI is InChI=1S/C19H19N5O2S/c1-27-15-7-5-14(6-8-15)24-12-13(10-18(24)25)19(26)20-11-17-22-21-16-4-2-3-9-23(16)17/h2-9,13H,10-12H2,1H3,(H,20,26). The fraction of sp³-hybridized carbons (Fsp3) is 0.263. The zero-order valence-corrected chi connectivity index (χ0v) is 15.6. The normalized spacial score (nSPS) is 16.9. The number of hydrogen-bond donors (Lipinski definition) is 1. The van der Waals surface area contributed by atoms with Crippen molar-refractivity contribution in [3.63, 3.8) is 0 Å². The number of anilines is 1. The number of rotatable bonds is 5. The Labute approximate surface area is 160 Å². The van der Waals surface area contributed by atoms with Gasteiger partial charge < -0.3 is 10.2 Å². The molecule has 1 N–H and O–H groups in total. The summed E-state index contributed by atoms with van der Waals surface area (Å²) < 4.78 is 1.83. The second kappa shape index (κ2) is 7.40.